The summed E-state index contributed by atoms with van der Waals surface area (Å²) in [7, 11) is 0. The Morgan fingerprint density at radius 1 is 1.32 bits per heavy atom. The quantitative estimate of drug-likeness (QED) is 0.443. The van der Waals surface area contributed by atoms with Gasteiger partial charge >= 0.3 is 0 Å². The summed E-state index contributed by atoms with van der Waals surface area (Å²) in [6.45, 7) is 5.50. The van der Waals surface area contributed by atoms with Crippen LogP contribution in [-0.4, -0.2) is 17.9 Å². The van der Waals surface area contributed by atoms with E-state index in [9.17, 15) is 9.59 Å². The van der Waals surface area contributed by atoms with Gasteiger partial charge in [-0.15, -0.1) is 0 Å². The number of allylic oxidation sites excluding steroid dienone is 3. The van der Waals surface area contributed by atoms with Crippen LogP contribution in [-0.2, 0) is 4.79 Å². The number of carbonyl (C=O) groups excluding carboxylic acids is 2. The van der Waals surface area contributed by atoms with E-state index in [4.69, 9.17) is 17.3 Å². The molecule has 0 bridgehead atoms. The van der Waals surface area contributed by atoms with Gasteiger partial charge in [0, 0.05) is 11.6 Å². The minimum atomic E-state index is -0.434. The summed E-state index contributed by atoms with van der Waals surface area (Å²) in [4.78, 5) is 24.3. The highest BCUT2D eigenvalue weighted by molar-refractivity contribution is 6.33. The van der Waals surface area contributed by atoms with Crippen LogP contribution in [0.15, 0.2) is 42.1 Å². The lowest BCUT2D eigenvalue weighted by molar-refractivity contribution is -0.118. The molecule has 4 N–H and O–H groups in total. The van der Waals surface area contributed by atoms with E-state index in [1.807, 2.05) is 20.8 Å². The van der Waals surface area contributed by atoms with Gasteiger partial charge in [0.1, 0.15) is 5.70 Å². The molecule has 0 aromatic heterocycles. The van der Waals surface area contributed by atoms with Crippen LogP contribution in [0.25, 0.3) is 0 Å². The minimum Gasteiger partial charge on any atom is -0.398 e. The topological polar surface area (TPSA) is 84.2 Å². The molecule has 22 heavy (non-hydrogen) atoms. The molecule has 0 heterocycles. The molecule has 0 spiro atoms. The zero-order chi connectivity index (χ0) is 16.7. The van der Waals surface area contributed by atoms with E-state index in [0.717, 1.165) is 0 Å². The van der Waals surface area contributed by atoms with E-state index in [2.05, 4.69) is 10.6 Å². The molecule has 5 nitrogen and oxygen atoms in total. The van der Waals surface area contributed by atoms with Gasteiger partial charge in [-0.2, -0.15) is 0 Å². The third-order valence-electron chi connectivity index (χ3n) is 2.63. The third kappa shape index (κ3) is 5.26. The van der Waals surface area contributed by atoms with Crippen LogP contribution in [0.1, 0.15) is 31.1 Å². The molecule has 1 rings (SSSR count). The Balaban J connectivity index is 2.95. The summed E-state index contributed by atoms with van der Waals surface area (Å²) in [5.41, 5.74) is 6.48. The fraction of sp³-hybridized carbons (Fsp3) is 0.250. The summed E-state index contributed by atoms with van der Waals surface area (Å²) in [5, 5.41) is 5.60. The smallest absolute Gasteiger partial charge is 0.267 e. The predicted octanol–water partition coefficient (Wildman–Crippen LogP) is 2.64. The van der Waals surface area contributed by atoms with Crippen LogP contribution in [0.2, 0.25) is 5.02 Å². The lowest BCUT2D eigenvalue weighted by Crippen LogP contribution is -2.38. The van der Waals surface area contributed by atoms with E-state index in [1.54, 1.807) is 24.3 Å². The highest BCUT2D eigenvalue weighted by Gasteiger charge is 2.15. The number of anilines is 1. The first-order valence-corrected chi connectivity index (χ1v) is 7.23. The number of halogens is 1. The first-order valence-electron chi connectivity index (χ1n) is 6.85. The van der Waals surface area contributed by atoms with Crippen molar-refractivity contribution in [3.63, 3.8) is 0 Å². The minimum absolute atomic E-state index is 0.0376. The van der Waals surface area contributed by atoms with Crippen molar-refractivity contribution in [3.05, 3.63) is 52.7 Å². The normalized spacial score (nSPS) is 11.8. The highest BCUT2D eigenvalue weighted by Crippen LogP contribution is 2.19. The van der Waals surface area contributed by atoms with E-state index < -0.39 is 5.91 Å². The number of rotatable bonds is 5. The molecule has 0 aliphatic rings. The second-order valence-corrected chi connectivity index (χ2v) is 5.33. The van der Waals surface area contributed by atoms with Crippen LogP contribution in [0.4, 0.5) is 5.69 Å². The van der Waals surface area contributed by atoms with Crippen LogP contribution in [0, 0.1) is 0 Å². The van der Waals surface area contributed by atoms with Crippen molar-refractivity contribution >= 4 is 29.1 Å². The molecule has 0 radical (unpaired) electrons. The first-order chi connectivity index (χ1) is 10.3. The second kappa shape index (κ2) is 8.24. The number of nitrogens with two attached hydrogens (primary N) is 1. The summed E-state index contributed by atoms with van der Waals surface area (Å²) in [6.07, 6.45) is 4.97. The average Bonchev–Trinajstić information content (AvgIpc) is 2.45. The Bertz CT molecular complexity index is 622. The van der Waals surface area contributed by atoms with Gasteiger partial charge in [0.25, 0.3) is 11.8 Å². The SMILES string of the molecule is C/C=C\C=C(\NC(=O)c1ccc(N)c(Cl)c1)C(=O)NC(C)C. The van der Waals surface area contributed by atoms with Crippen molar-refractivity contribution < 1.29 is 9.59 Å². The second-order valence-electron chi connectivity index (χ2n) is 4.92. The molecule has 0 saturated heterocycles. The molecule has 6 heteroatoms. The van der Waals surface area contributed by atoms with Gasteiger partial charge < -0.3 is 16.4 Å². The fourth-order valence-corrected chi connectivity index (χ4v) is 1.75. The Labute approximate surface area is 135 Å². The third-order valence-corrected chi connectivity index (χ3v) is 2.96. The Hall–Kier alpha value is -2.27. The van der Waals surface area contributed by atoms with Gasteiger partial charge in [-0.3, -0.25) is 9.59 Å². The van der Waals surface area contributed by atoms with Crippen molar-refractivity contribution in [2.45, 2.75) is 26.8 Å². The van der Waals surface area contributed by atoms with Crippen molar-refractivity contribution in [3.8, 4) is 0 Å². The van der Waals surface area contributed by atoms with Crippen molar-refractivity contribution in [2.24, 2.45) is 0 Å². The molecule has 0 unspecified atom stereocenters. The maximum absolute atomic E-state index is 12.2. The largest absolute Gasteiger partial charge is 0.398 e. The van der Waals surface area contributed by atoms with Crippen LogP contribution >= 0.6 is 11.6 Å². The van der Waals surface area contributed by atoms with Crippen LogP contribution in [0.3, 0.4) is 0 Å². The van der Waals surface area contributed by atoms with Crippen molar-refractivity contribution in [2.75, 3.05) is 5.73 Å². The number of benzene rings is 1. The molecule has 0 aliphatic heterocycles. The van der Waals surface area contributed by atoms with Gasteiger partial charge in [0.2, 0.25) is 0 Å². The molecule has 1 aromatic carbocycles. The number of nitrogens with one attached hydrogen (secondary N) is 2. The van der Waals surface area contributed by atoms with Gasteiger partial charge in [-0.1, -0.05) is 23.8 Å². The van der Waals surface area contributed by atoms with Crippen LogP contribution in [0.5, 0.6) is 0 Å². The Morgan fingerprint density at radius 3 is 2.55 bits per heavy atom. The van der Waals surface area contributed by atoms with E-state index in [-0.39, 0.29) is 17.6 Å². The zero-order valence-electron chi connectivity index (χ0n) is 12.8. The van der Waals surface area contributed by atoms with Gasteiger partial charge in [-0.25, -0.2) is 0 Å². The van der Waals surface area contributed by atoms with Gasteiger partial charge in [0.05, 0.1) is 10.7 Å². The maximum atomic E-state index is 12.2. The van der Waals surface area contributed by atoms with Gasteiger partial charge in [-0.05, 0) is 45.0 Å². The fourth-order valence-electron chi connectivity index (χ4n) is 1.57. The van der Waals surface area contributed by atoms with E-state index in [1.165, 1.54) is 12.1 Å². The summed E-state index contributed by atoms with van der Waals surface area (Å²) in [6, 6.07) is 4.51. The summed E-state index contributed by atoms with van der Waals surface area (Å²) < 4.78 is 0. The monoisotopic (exact) mass is 321 g/mol. The van der Waals surface area contributed by atoms with Gasteiger partial charge in [0.15, 0.2) is 0 Å². The molecule has 1 aromatic rings. The highest BCUT2D eigenvalue weighted by atomic mass is 35.5. The van der Waals surface area contributed by atoms with E-state index >= 15 is 0 Å². The van der Waals surface area contributed by atoms with E-state index in [0.29, 0.717) is 16.3 Å². The van der Waals surface area contributed by atoms with Crippen molar-refractivity contribution in [1.82, 2.24) is 10.6 Å². The standard InChI is InChI=1S/C16H20ClN3O2/c1-4-5-6-14(16(22)19-10(2)3)20-15(21)11-7-8-13(18)12(17)9-11/h4-10H,18H2,1-3H3,(H,19,22)(H,20,21)/b5-4-,14-6+. The molecular weight excluding hydrogens is 302 g/mol. The van der Waals surface area contributed by atoms with Crippen molar-refractivity contribution in [1.29, 1.82) is 0 Å². The number of amides is 2. The zero-order valence-corrected chi connectivity index (χ0v) is 13.6. The number of hydrogen-bond acceptors (Lipinski definition) is 3. The number of carbonyl (C=O) groups is 2. The lowest BCUT2D eigenvalue weighted by Gasteiger charge is -2.12. The first kappa shape index (κ1) is 17.8. The van der Waals surface area contributed by atoms with Crippen LogP contribution < -0.4 is 16.4 Å². The summed E-state index contributed by atoms with van der Waals surface area (Å²) in [5.74, 6) is -0.792. The molecular formula is C16H20ClN3O2. The predicted molar refractivity (Wildman–Crippen MR) is 89.5 cm³/mol. The molecule has 0 atom stereocenters. The molecule has 0 fully saturated rings. The maximum Gasteiger partial charge on any atom is 0.267 e. The number of hydrogen-bond donors (Lipinski definition) is 3. The Morgan fingerprint density at radius 2 is 2.00 bits per heavy atom. The number of nitrogen functional groups attached to an aromatic ring is 1. The summed E-state index contributed by atoms with van der Waals surface area (Å²) >= 11 is 5.90. The average molecular weight is 322 g/mol. The molecule has 118 valence electrons. The molecule has 0 saturated carbocycles. The molecule has 0 aliphatic carbocycles. The molecule has 2 amide bonds. The lowest BCUT2D eigenvalue weighted by atomic mass is 10.2. The Kier molecular flexibility index (Phi) is 6.66.